The Bertz CT molecular complexity index is 647. The number of imide groups is 1. The van der Waals surface area contributed by atoms with Crippen LogP contribution in [0.15, 0.2) is 18.2 Å². The lowest BCUT2D eigenvalue weighted by molar-refractivity contribution is -0.134. The Labute approximate surface area is 103 Å². The van der Waals surface area contributed by atoms with E-state index in [0.29, 0.717) is 18.5 Å². The first-order chi connectivity index (χ1) is 8.65. The fraction of sp³-hybridized carbons (Fsp3) is 0.250. The van der Waals surface area contributed by atoms with Gasteiger partial charge in [-0.05, 0) is 24.6 Å². The van der Waals surface area contributed by atoms with Gasteiger partial charge in [0.25, 0.3) is 0 Å². The molecule has 1 aliphatic heterocycles. The van der Waals surface area contributed by atoms with Crippen LogP contribution in [0.1, 0.15) is 24.5 Å². The number of carbonyl (C=O) groups is 2. The number of anilines is 1. The first kappa shape index (κ1) is 10.8. The Hall–Kier alpha value is -2.37. The molecule has 0 spiro atoms. The standard InChI is InChI=1S/C12H12N4O2/c13-6-1-2-7-9(5-6)15-16-11(7)8-3-4-10(17)14-12(8)18/h1-2,5,8H,3-4,13H2,(H,15,16)(H,14,17,18). The van der Waals surface area contributed by atoms with E-state index in [-0.39, 0.29) is 17.7 Å². The molecule has 1 saturated heterocycles. The molecule has 0 bridgehead atoms. The van der Waals surface area contributed by atoms with Gasteiger partial charge in [0.2, 0.25) is 11.8 Å². The van der Waals surface area contributed by atoms with E-state index in [4.69, 9.17) is 5.73 Å². The highest BCUT2D eigenvalue weighted by molar-refractivity contribution is 6.02. The number of nitrogens with zero attached hydrogens (tertiary/aromatic N) is 1. The van der Waals surface area contributed by atoms with Crippen LogP contribution < -0.4 is 11.1 Å². The lowest BCUT2D eigenvalue weighted by atomic mass is 9.93. The number of aromatic nitrogens is 2. The third-order valence-corrected chi connectivity index (χ3v) is 3.20. The minimum absolute atomic E-state index is 0.218. The molecule has 18 heavy (non-hydrogen) atoms. The second-order valence-corrected chi connectivity index (χ2v) is 4.42. The second-order valence-electron chi connectivity index (χ2n) is 4.42. The quantitative estimate of drug-likeness (QED) is 0.506. The van der Waals surface area contributed by atoms with Gasteiger partial charge in [0.05, 0.1) is 17.1 Å². The van der Waals surface area contributed by atoms with Gasteiger partial charge in [-0.1, -0.05) is 0 Å². The number of hydrogen-bond acceptors (Lipinski definition) is 4. The Morgan fingerprint density at radius 3 is 2.94 bits per heavy atom. The normalized spacial score (nSPS) is 20.1. The molecule has 1 unspecified atom stereocenters. The first-order valence-electron chi connectivity index (χ1n) is 5.72. The smallest absolute Gasteiger partial charge is 0.235 e. The number of nitrogens with one attached hydrogen (secondary N) is 2. The average Bonchev–Trinajstić information content (AvgIpc) is 2.72. The third kappa shape index (κ3) is 1.62. The van der Waals surface area contributed by atoms with E-state index in [1.807, 2.05) is 6.07 Å². The summed E-state index contributed by atoms with van der Waals surface area (Å²) < 4.78 is 0. The molecule has 0 radical (unpaired) electrons. The third-order valence-electron chi connectivity index (χ3n) is 3.20. The molecule has 1 aromatic heterocycles. The number of H-pyrrole nitrogens is 1. The van der Waals surface area contributed by atoms with Crippen LogP contribution >= 0.6 is 0 Å². The van der Waals surface area contributed by atoms with Crippen LogP contribution in [-0.4, -0.2) is 22.0 Å². The molecule has 2 aromatic rings. The van der Waals surface area contributed by atoms with Crippen molar-refractivity contribution in [1.82, 2.24) is 15.5 Å². The van der Waals surface area contributed by atoms with Crippen molar-refractivity contribution in [1.29, 1.82) is 0 Å². The van der Waals surface area contributed by atoms with E-state index in [2.05, 4.69) is 15.5 Å². The summed E-state index contributed by atoms with van der Waals surface area (Å²) in [6, 6.07) is 5.36. The average molecular weight is 244 g/mol. The van der Waals surface area contributed by atoms with Crippen LogP contribution in [0.25, 0.3) is 10.9 Å². The molecule has 2 heterocycles. The summed E-state index contributed by atoms with van der Waals surface area (Å²) in [5.41, 5.74) is 7.78. The number of piperidine rings is 1. The number of nitrogens with two attached hydrogens (primary N) is 1. The van der Waals surface area contributed by atoms with Crippen molar-refractivity contribution in [2.45, 2.75) is 18.8 Å². The highest BCUT2D eigenvalue weighted by Gasteiger charge is 2.30. The number of hydrogen-bond donors (Lipinski definition) is 3. The number of carbonyl (C=O) groups excluding carboxylic acids is 2. The first-order valence-corrected chi connectivity index (χ1v) is 5.72. The zero-order valence-corrected chi connectivity index (χ0v) is 9.56. The molecule has 3 rings (SSSR count). The lowest BCUT2D eigenvalue weighted by Gasteiger charge is -2.19. The van der Waals surface area contributed by atoms with Crippen molar-refractivity contribution in [2.24, 2.45) is 0 Å². The van der Waals surface area contributed by atoms with Gasteiger partial charge >= 0.3 is 0 Å². The summed E-state index contributed by atoms with van der Waals surface area (Å²) in [6.07, 6.45) is 0.859. The molecule has 4 N–H and O–H groups in total. The molecule has 6 nitrogen and oxygen atoms in total. The fourth-order valence-electron chi connectivity index (χ4n) is 2.28. The predicted molar refractivity (Wildman–Crippen MR) is 65.6 cm³/mol. The van der Waals surface area contributed by atoms with Crippen LogP contribution in [0.2, 0.25) is 0 Å². The van der Waals surface area contributed by atoms with E-state index in [0.717, 1.165) is 16.6 Å². The summed E-state index contributed by atoms with van der Waals surface area (Å²) in [7, 11) is 0. The number of benzene rings is 1. The van der Waals surface area contributed by atoms with Crippen molar-refractivity contribution in [3.8, 4) is 0 Å². The monoisotopic (exact) mass is 244 g/mol. The number of nitrogen functional groups attached to an aromatic ring is 1. The predicted octanol–water partition coefficient (Wildman–Crippen LogP) is 0.665. The Balaban J connectivity index is 2.04. The van der Waals surface area contributed by atoms with Gasteiger partial charge in [-0.3, -0.25) is 20.0 Å². The zero-order chi connectivity index (χ0) is 12.7. The van der Waals surface area contributed by atoms with Crippen LogP contribution in [-0.2, 0) is 9.59 Å². The molecule has 2 amide bonds. The molecule has 1 atom stereocenters. The molecular weight excluding hydrogens is 232 g/mol. The van der Waals surface area contributed by atoms with Gasteiger partial charge in [0, 0.05) is 17.5 Å². The summed E-state index contributed by atoms with van der Waals surface area (Å²) in [6.45, 7) is 0. The summed E-state index contributed by atoms with van der Waals surface area (Å²) in [4.78, 5) is 22.9. The van der Waals surface area contributed by atoms with E-state index in [1.54, 1.807) is 12.1 Å². The van der Waals surface area contributed by atoms with Gasteiger partial charge in [0.15, 0.2) is 0 Å². The van der Waals surface area contributed by atoms with Crippen LogP contribution in [0.4, 0.5) is 5.69 Å². The maximum atomic E-state index is 11.8. The van der Waals surface area contributed by atoms with E-state index in [9.17, 15) is 9.59 Å². The van der Waals surface area contributed by atoms with Crippen molar-refractivity contribution < 1.29 is 9.59 Å². The van der Waals surface area contributed by atoms with Crippen molar-refractivity contribution in [3.05, 3.63) is 23.9 Å². The van der Waals surface area contributed by atoms with E-state index < -0.39 is 0 Å². The molecule has 0 saturated carbocycles. The maximum absolute atomic E-state index is 11.8. The number of rotatable bonds is 1. The summed E-state index contributed by atoms with van der Waals surface area (Å²) in [5, 5.41) is 10.2. The number of aromatic amines is 1. The molecule has 0 aliphatic carbocycles. The molecular formula is C12H12N4O2. The maximum Gasteiger partial charge on any atom is 0.235 e. The van der Waals surface area contributed by atoms with Gasteiger partial charge in [-0.15, -0.1) is 0 Å². The highest BCUT2D eigenvalue weighted by Crippen LogP contribution is 2.29. The fourth-order valence-corrected chi connectivity index (χ4v) is 2.28. The molecule has 6 heteroatoms. The Kier molecular flexibility index (Phi) is 2.29. The zero-order valence-electron chi connectivity index (χ0n) is 9.56. The van der Waals surface area contributed by atoms with Gasteiger partial charge in [-0.25, -0.2) is 0 Å². The SMILES string of the molecule is Nc1ccc2c(C3CCC(=O)NC3=O)[nH]nc2c1. The Morgan fingerprint density at radius 1 is 1.33 bits per heavy atom. The van der Waals surface area contributed by atoms with Crippen molar-refractivity contribution >= 4 is 28.4 Å². The van der Waals surface area contributed by atoms with Crippen molar-refractivity contribution in [2.75, 3.05) is 5.73 Å². The molecule has 1 aliphatic rings. The Morgan fingerprint density at radius 2 is 2.17 bits per heavy atom. The van der Waals surface area contributed by atoms with Gasteiger partial charge in [0.1, 0.15) is 0 Å². The summed E-state index contributed by atoms with van der Waals surface area (Å²) >= 11 is 0. The lowest BCUT2D eigenvalue weighted by Crippen LogP contribution is -2.39. The van der Waals surface area contributed by atoms with Crippen LogP contribution in [0.5, 0.6) is 0 Å². The summed E-state index contributed by atoms with van der Waals surface area (Å²) in [5.74, 6) is -0.839. The number of fused-ring (bicyclic) bond motifs is 1. The minimum Gasteiger partial charge on any atom is -0.399 e. The highest BCUT2D eigenvalue weighted by atomic mass is 16.2. The number of amides is 2. The van der Waals surface area contributed by atoms with Gasteiger partial charge < -0.3 is 5.73 Å². The van der Waals surface area contributed by atoms with E-state index in [1.165, 1.54) is 0 Å². The van der Waals surface area contributed by atoms with E-state index >= 15 is 0 Å². The second kappa shape index (κ2) is 3.83. The van der Waals surface area contributed by atoms with Crippen molar-refractivity contribution in [3.63, 3.8) is 0 Å². The largest absolute Gasteiger partial charge is 0.399 e. The van der Waals surface area contributed by atoms with Gasteiger partial charge in [-0.2, -0.15) is 5.10 Å². The van der Waals surface area contributed by atoms with Crippen LogP contribution in [0, 0.1) is 0 Å². The molecule has 1 aromatic carbocycles. The minimum atomic E-state index is -0.351. The molecule has 1 fully saturated rings. The topological polar surface area (TPSA) is 101 Å². The van der Waals surface area contributed by atoms with Crippen LogP contribution in [0.3, 0.4) is 0 Å². The molecule has 92 valence electrons.